The molecule has 1 aromatic heterocycles. The van der Waals surface area contributed by atoms with Crippen LogP contribution in [0.2, 0.25) is 0 Å². The lowest BCUT2D eigenvalue weighted by molar-refractivity contribution is 0.0694. The van der Waals surface area contributed by atoms with Crippen molar-refractivity contribution in [3.8, 4) is 0 Å². The summed E-state index contributed by atoms with van der Waals surface area (Å²) in [5.41, 5.74) is 0.533. The lowest BCUT2D eigenvalue weighted by atomic mass is 10.1. The van der Waals surface area contributed by atoms with Gasteiger partial charge in [0.15, 0.2) is 0 Å². The van der Waals surface area contributed by atoms with Gasteiger partial charge in [0.05, 0.1) is 9.13 Å². The molecule has 0 atom stereocenters. The molecule has 2 N–H and O–H groups in total. The van der Waals surface area contributed by atoms with Gasteiger partial charge < -0.3 is 10.1 Å². The molecule has 0 aliphatic carbocycles. The maximum Gasteiger partial charge on any atom is 0.338 e. The zero-order valence-electron chi connectivity index (χ0n) is 8.64. The second kappa shape index (κ2) is 5.99. The zero-order valence-corrected chi connectivity index (χ0v) is 13.0. The van der Waals surface area contributed by atoms with Crippen LogP contribution in [0.3, 0.4) is 0 Å². The number of hydrogen-bond acceptors (Lipinski definition) is 2. The van der Waals surface area contributed by atoms with Crippen LogP contribution in [0, 0.1) is 7.14 Å². The number of carboxylic acids is 1. The highest BCUT2D eigenvalue weighted by Crippen LogP contribution is 2.20. The summed E-state index contributed by atoms with van der Waals surface area (Å²) in [6.45, 7) is 2.05. The van der Waals surface area contributed by atoms with Crippen LogP contribution < -0.4 is 5.56 Å². The third-order valence-electron chi connectivity index (χ3n) is 2.16. The smallest absolute Gasteiger partial charge is 0.338 e. The van der Waals surface area contributed by atoms with E-state index < -0.39 is 5.97 Å². The predicted octanol–water partition coefficient (Wildman–Crippen LogP) is 2.62. The number of hydrogen-bond donors (Lipinski definition) is 2. The maximum absolute atomic E-state index is 11.6. The number of aromatic nitrogens is 1. The third-order valence-corrected chi connectivity index (χ3v) is 4.38. The molecule has 0 saturated carbocycles. The predicted molar refractivity (Wildman–Crippen MR) is 78.1 cm³/mol. The average molecular weight is 447 g/mol. The number of rotatable bonds is 4. The van der Waals surface area contributed by atoms with E-state index in [1.54, 1.807) is 22.6 Å². The van der Waals surface area contributed by atoms with E-state index in [-0.39, 0.29) is 14.7 Å². The number of aromatic carboxylic acids is 1. The van der Waals surface area contributed by atoms with E-state index in [9.17, 15) is 9.59 Å². The fraction of sp³-hybridized carbons (Fsp3) is 0.400. The summed E-state index contributed by atoms with van der Waals surface area (Å²) in [5.74, 6) is -1.04. The van der Waals surface area contributed by atoms with Gasteiger partial charge in [-0.3, -0.25) is 4.79 Å². The molecule has 1 aromatic rings. The highest BCUT2D eigenvalue weighted by Gasteiger charge is 2.19. The van der Waals surface area contributed by atoms with E-state index in [0.717, 1.165) is 18.5 Å². The molecule has 16 heavy (non-hydrogen) atoms. The Hall–Kier alpha value is -0.120. The fourth-order valence-corrected chi connectivity index (χ4v) is 3.38. The Balaban J connectivity index is 3.33. The van der Waals surface area contributed by atoms with Crippen molar-refractivity contribution in [1.82, 2.24) is 4.98 Å². The first kappa shape index (κ1) is 13.9. The van der Waals surface area contributed by atoms with Crippen molar-refractivity contribution in [2.75, 3.05) is 0 Å². The Morgan fingerprint density at radius 2 is 2.00 bits per heavy atom. The number of nitrogens with one attached hydrogen (secondary N) is 1. The zero-order chi connectivity index (χ0) is 12.3. The Morgan fingerprint density at radius 3 is 2.50 bits per heavy atom. The van der Waals surface area contributed by atoms with Crippen molar-refractivity contribution in [2.45, 2.75) is 26.2 Å². The Labute approximate surface area is 120 Å². The van der Waals surface area contributed by atoms with Crippen LogP contribution in [0.1, 0.15) is 35.8 Å². The fourth-order valence-electron chi connectivity index (χ4n) is 1.32. The number of H-pyrrole nitrogens is 1. The summed E-state index contributed by atoms with van der Waals surface area (Å²) in [4.78, 5) is 25.3. The summed E-state index contributed by atoms with van der Waals surface area (Å²) in [6, 6.07) is 0. The second-order valence-electron chi connectivity index (χ2n) is 3.34. The molecule has 6 heteroatoms. The van der Waals surface area contributed by atoms with Gasteiger partial charge in [-0.15, -0.1) is 0 Å². The summed E-state index contributed by atoms with van der Waals surface area (Å²) in [5, 5.41) is 9.06. The van der Waals surface area contributed by atoms with Crippen molar-refractivity contribution in [1.29, 1.82) is 0 Å². The molecule has 0 aliphatic heterocycles. The normalized spacial score (nSPS) is 10.4. The Bertz CT molecular complexity index is 468. The number of aromatic amines is 1. The molecule has 0 unspecified atom stereocenters. The van der Waals surface area contributed by atoms with Crippen molar-refractivity contribution in [3.05, 3.63) is 28.8 Å². The van der Waals surface area contributed by atoms with Gasteiger partial charge in [-0.25, -0.2) is 4.79 Å². The van der Waals surface area contributed by atoms with E-state index in [0.29, 0.717) is 9.99 Å². The molecule has 1 rings (SSSR count). The van der Waals surface area contributed by atoms with Gasteiger partial charge in [0, 0.05) is 9.26 Å². The minimum Gasteiger partial charge on any atom is -0.478 e. The first-order valence-corrected chi connectivity index (χ1v) is 6.98. The van der Waals surface area contributed by atoms with Crippen LogP contribution in [0.25, 0.3) is 0 Å². The topological polar surface area (TPSA) is 70.2 Å². The quantitative estimate of drug-likeness (QED) is 0.698. The highest BCUT2D eigenvalue weighted by molar-refractivity contribution is 14.1. The monoisotopic (exact) mass is 447 g/mol. The highest BCUT2D eigenvalue weighted by atomic mass is 127. The van der Waals surface area contributed by atoms with Gasteiger partial charge in [0.1, 0.15) is 0 Å². The molecule has 0 fully saturated rings. The SMILES string of the molecule is CCCCc1[nH]c(=O)c(I)c(C(=O)O)c1I. The first-order chi connectivity index (χ1) is 7.49. The standard InChI is InChI=1S/C10H11I2NO3/c1-2-3-4-5-7(11)6(10(15)16)8(12)9(14)13-5/h2-4H2,1H3,(H,13,14)(H,15,16). The molecule has 4 nitrogen and oxygen atoms in total. The van der Waals surface area contributed by atoms with Crippen LogP contribution in [-0.2, 0) is 6.42 Å². The lowest BCUT2D eigenvalue weighted by Gasteiger charge is -2.08. The van der Waals surface area contributed by atoms with Gasteiger partial charge in [0.2, 0.25) is 0 Å². The molecule has 0 radical (unpaired) electrons. The van der Waals surface area contributed by atoms with E-state index in [1.807, 2.05) is 22.6 Å². The van der Waals surface area contributed by atoms with Crippen LogP contribution in [0.5, 0.6) is 0 Å². The number of unbranched alkanes of at least 4 members (excludes halogenated alkanes) is 1. The van der Waals surface area contributed by atoms with Crippen molar-refractivity contribution < 1.29 is 9.90 Å². The van der Waals surface area contributed by atoms with Gasteiger partial charge in [-0.1, -0.05) is 13.3 Å². The van der Waals surface area contributed by atoms with Crippen molar-refractivity contribution >= 4 is 51.2 Å². The second-order valence-corrected chi connectivity index (χ2v) is 5.50. The Kier molecular flexibility index (Phi) is 5.22. The molecule has 0 amide bonds. The number of carboxylic acid groups (broad SMARTS) is 1. The summed E-state index contributed by atoms with van der Waals surface area (Å²) >= 11 is 3.75. The molecular formula is C10H11I2NO3. The van der Waals surface area contributed by atoms with E-state index in [2.05, 4.69) is 11.9 Å². The van der Waals surface area contributed by atoms with Gasteiger partial charge >= 0.3 is 5.97 Å². The van der Waals surface area contributed by atoms with Gasteiger partial charge in [-0.05, 0) is 58.0 Å². The minimum absolute atomic E-state index is 0.121. The molecule has 88 valence electrons. The number of aryl methyl sites for hydroxylation is 1. The largest absolute Gasteiger partial charge is 0.478 e. The van der Waals surface area contributed by atoms with E-state index in [1.165, 1.54) is 0 Å². The Morgan fingerprint density at radius 1 is 1.38 bits per heavy atom. The van der Waals surface area contributed by atoms with Crippen LogP contribution in [0.15, 0.2) is 4.79 Å². The van der Waals surface area contributed by atoms with Gasteiger partial charge in [0.25, 0.3) is 5.56 Å². The average Bonchev–Trinajstić information content (AvgIpc) is 2.21. The summed E-state index contributed by atoms with van der Waals surface area (Å²) in [7, 11) is 0. The minimum atomic E-state index is -1.04. The van der Waals surface area contributed by atoms with Crippen LogP contribution >= 0.6 is 45.2 Å². The molecule has 0 spiro atoms. The number of halogens is 2. The molecule has 0 aromatic carbocycles. The van der Waals surface area contributed by atoms with Gasteiger partial charge in [-0.2, -0.15) is 0 Å². The van der Waals surface area contributed by atoms with E-state index in [4.69, 9.17) is 5.11 Å². The third kappa shape index (κ3) is 2.96. The number of carbonyl (C=O) groups is 1. The molecular weight excluding hydrogens is 436 g/mol. The molecule has 0 bridgehead atoms. The lowest BCUT2D eigenvalue weighted by Crippen LogP contribution is -2.20. The first-order valence-electron chi connectivity index (χ1n) is 4.82. The van der Waals surface area contributed by atoms with E-state index >= 15 is 0 Å². The summed E-state index contributed by atoms with van der Waals surface area (Å²) < 4.78 is 0.886. The molecule has 0 saturated heterocycles. The number of pyridine rings is 1. The van der Waals surface area contributed by atoms with Crippen LogP contribution in [-0.4, -0.2) is 16.1 Å². The summed E-state index contributed by atoms with van der Waals surface area (Å²) in [6.07, 6.45) is 2.65. The maximum atomic E-state index is 11.6. The van der Waals surface area contributed by atoms with Crippen molar-refractivity contribution in [2.24, 2.45) is 0 Å². The van der Waals surface area contributed by atoms with Crippen LogP contribution in [0.4, 0.5) is 0 Å². The molecule has 0 aliphatic rings. The molecule has 1 heterocycles. The van der Waals surface area contributed by atoms with Crippen molar-refractivity contribution in [3.63, 3.8) is 0 Å².